The maximum Gasteiger partial charge on any atom is 0.175 e. The van der Waals surface area contributed by atoms with E-state index in [1.165, 1.54) is 0 Å². The summed E-state index contributed by atoms with van der Waals surface area (Å²) in [6.07, 6.45) is 1.72. The van der Waals surface area contributed by atoms with Crippen molar-refractivity contribution < 1.29 is 4.74 Å². The van der Waals surface area contributed by atoms with Crippen LogP contribution in [-0.2, 0) is 0 Å². The van der Waals surface area contributed by atoms with Crippen LogP contribution < -0.4 is 10.1 Å². The molecule has 82 valence electrons. The molecule has 0 amide bonds. The Balaban J connectivity index is 2.30. The molecule has 0 aromatic carbocycles. The van der Waals surface area contributed by atoms with Gasteiger partial charge in [0.25, 0.3) is 0 Å². The van der Waals surface area contributed by atoms with Gasteiger partial charge in [0, 0.05) is 6.20 Å². The molecule has 0 atom stereocenters. The maximum atomic E-state index is 5.22. The summed E-state index contributed by atoms with van der Waals surface area (Å²) in [6.45, 7) is 0. The van der Waals surface area contributed by atoms with Gasteiger partial charge in [-0.2, -0.15) is 0 Å². The lowest BCUT2D eigenvalue weighted by Crippen LogP contribution is -1.99. The molecule has 0 aliphatic heterocycles. The summed E-state index contributed by atoms with van der Waals surface area (Å²) in [4.78, 5) is 8.52. The summed E-state index contributed by atoms with van der Waals surface area (Å²) in [7, 11) is 1.62. The number of aromatic nitrogens is 2. The highest BCUT2D eigenvalue weighted by molar-refractivity contribution is 14.1. The number of nitrogens with one attached hydrogen (secondary N) is 1. The average molecular weight is 327 g/mol. The number of pyridine rings is 2. The number of anilines is 2. The van der Waals surface area contributed by atoms with Gasteiger partial charge in [-0.25, -0.2) is 9.97 Å². The van der Waals surface area contributed by atoms with E-state index in [-0.39, 0.29) is 0 Å². The van der Waals surface area contributed by atoms with Crippen LogP contribution in [0.1, 0.15) is 0 Å². The Kier molecular flexibility index (Phi) is 3.55. The van der Waals surface area contributed by atoms with Gasteiger partial charge in [0.2, 0.25) is 0 Å². The molecule has 4 nitrogen and oxygen atoms in total. The number of rotatable bonds is 3. The van der Waals surface area contributed by atoms with Gasteiger partial charge in [0.15, 0.2) is 11.6 Å². The van der Waals surface area contributed by atoms with Crippen LogP contribution in [0.5, 0.6) is 5.75 Å². The van der Waals surface area contributed by atoms with E-state index < -0.39 is 0 Å². The largest absolute Gasteiger partial charge is 0.493 e. The molecule has 0 aliphatic carbocycles. The van der Waals surface area contributed by atoms with Crippen molar-refractivity contribution in [3.8, 4) is 5.75 Å². The van der Waals surface area contributed by atoms with Crippen molar-refractivity contribution in [1.29, 1.82) is 0 Å². The minimum atomic E-state index is 0.674. The Hall–Kier alpha value is -1.37. The standard InChI is InChI=1S/C11H10IN3O/c1-16-8-5-6-9(12)14-11(8)15-10-4-2-3-7-13-10/h2-7H,1H3,(H,13,14,15). The number of hydrogen-bond acceptors (Lipinski definition) is 4. The summed E-state index contributed by atoms with van der Waals surface area (Å²) < 4.78 is 6.12. The van der Waals surface area contributed by atoms with Crippen LogP contribution in [0.3, 0.4) is 0 Å². The van der Waals surface area contributed by atoms with Gasteiger partial charge in [-0.3, -0.25) is 0 Å². The highest BCUT2D eigenvalue weighted by Crippen LogP contribution is 2.25. The Morgan fingerprint density at radius 3 is 2.81 bits per heavy atom. The summed E-state index contributed by atoms with van der Waals surface area (Å²) >= 11 is 2.15. The number of ether oxygens (including phenoxy) is 1. The fraction of sp³-hybridized carbons (Fsp3) is 0.0909. The first-order valence-electron chi connectivity index (χ1n) is 4.68. The maximum absolute atomic E-state index is 5.22. The van der Waals surface area contributed by atoms with Crippen LogP contribution >= 0.6 is 22.6 Å². The molecule has 0 bridgehead atoms. The van der Waals surface area contributed by atoms with E-state index >= 15 is 0 Å². The minimum absolute atomic E-state index is 0.674. The Bertz CT molecular complexity index is 476. The SMILES string of the molecule is COc1ccc(I)nc1Nc1ccccn1. The fourth-order valence-electron chi connectivity index (χ4n) is 1.23. The summed E-state index contributed by atoms with van der Waals surface area (Å²) in [6, 6.07) is 9.42. The predicted molar refractivity (Wildman–Crippen MR) is 71.0 cm³/mol. The quantitative estimate of drug-likeness (QED) is 0.696. The smallest absolute Gasteiger partial charge is 0.175 e. The van der Waals surface area contributed by atoms with E-state index in [2.05, 4.69) is 37.9 Å². The zero-order valence-electron chi connectivity index (χ0n) is 8.64. The molecule has 0 spiro atoms. The molecule has 2 rings (SSSR count). The first-order chi connectivity index (χ1) is 7.79. The third-order valence-corrected chi connectivity index (χ3v) is 2.56. The molecule has 0 saturated heterocycles. The number of nitrogens with zero attached hydrogens (tertiary/aromatic N) is 2. The van der Waals surface area contributed by atoms with Crippen molar-refractivity contribution in [3.63, 3.8) is 0 Å². The molecule has 2 heterocycles. The third kappa shape index (κ3) is 2.60. The molecule has 1 N–H and O–H groups in total. The molecule has 16 heavy (non-hydrogen) atoms. The van der Waals surface area contributed by atoms with Gasteiger partial charge in [-0.1, -0.05) is 6.07 Å². The van der Waals surface area contributed by atoms with Crippen LogP contribution in [-0.4, -0.2) is 17.1 Å². The van der Waals surface area contributed by atoms with Gasteiger partial charge in [-0.05, 0) is 46.9 Å². The lowest BCUT2D eigenvalue weighted by atomic mass is 10.4. The van der Waals surface area contributed by atoms with Crippen molar-refractivity contribution in [1.82, 2.24) is 9.97 Å². The normalized spacial score (nSPS) is 9.88. The second kappa shape index (κ2) is 5.11. The molecule has 0 saturated carbocycles. The molecular weight excluding hydrogens is 317 g/mol. The lowest BCUT2D eigenvalue weighted by Gasteiger charge is -2.09. The second-order valence-corrected chi connectivity index (χ2v) is 4.13. The predicted octanol–water partition coefficient (Wildman–Crippen LogP) is 2.83. The number of hydrogen-bond donors (Lipinski definition) is 1. The van der Waals surface area contributed by atoms with Crippen molar-refractivity contribution in [2.45, 2.75) is 0 Å². The Morgan fingerprint density at radius 2 is 2.12 bits per heavy atom. The van der Waals surface area contributed by atoms with E-state index in [0.29, 0.717) is 11.6 Å². The molecule has 2 aromatic heterocycles. The van der Waals surface area contributed by atoms with Gasteiger partial charge in [0.1, 0.15) is 9.52 Å². The highest BCUT2D eigenvalue weighted by Gasteiger charge is 2.05. The molecular formula is C11H10IN3O. The molecule has 0 fully saturated rings. The van der Waals surface area contributed by atoms with Crippen LogP contribution in [0.25, 0.3) is 0 Å². The first-order valence-corrected chi connectivity index (χ1v) is 5.76. The van der Waals surface area contributed by atoms with E-state index in [1.54, 1.807) is 13.3 Å². The van der Waals surface area contributed by atoms with Crippen molar-refractivity contribution >= 4 is 34.2 Å². The summed E-state index contributed by atoms with van der Waals surface area (Å²) in [5, 5.41) is 3.11. The first kappa shape index (κ1) is 11.1. The van der Waals surface area contributed by atoms with Crippen molar-refractivity contribution in [3.05, 3.63) is 40.2 Å². The second-order valence-electron chi connectivity index (χ2n) is 3.02. The zero-order valence-corrected chi connectivity index (χ0v) is 10.8. The molecule has 0 unspecified atom stereocenters. The minimum Gasteiger partial charge on any atom is -0.493 e. The Morgan fingerprint density at radius 1 is 1.25 bits per heavy atom. The van der Waals surface area contributed by atoms with Gasteiger partial charge < -0.3 is 10.1 Å². The molecule has 0 radical (unpaired) electrons. The molecule has 5 heteroatoms. The summed E-state index contributed by atoms with van der Waals surface area (Å²) in [5.41, 5.74) is 0. The average Bonchev–Trinajstić information content (AvgIpc) is 2.31. The van der Waals surface area contributed by atoms with E-state index in [0.717, 1.165) is 9.52 Å². The van der Waals surface area contributed by atoms with Crippen molar-refractivity contribution in [2.24, 2.45) is 0 Å². The van der Waals surface area contributed by atoms with Gasteiger partial charge in [-0.15, -0.1) is 0 Å². The monoisotopic (exact) mass is 327 g/mol. The Labute approximate surface area is 107 Å². The van der Waals surface area contributed by atoms with Gasteiger partial charge in [0.05, 0.1) is 7.11 Å². The number of methoxy groups -OCH3 is 1. The van der Waals surface area contributed by atoms with Crippen LogP contribution in [0.4, 0.5) is 11.6 Å². The highest BCUT2D eigenvalue weighted by atomic mass is 127. The molecule has 0 aliphatic rings. The summed E-state index contributed by atoms with van der Waals surface area (Å²) in [5.74, 6) is 2.12. The van der Waals surface area contributed by atoms with E-state index in [9.17, 15) is 0 Å². The van der Waals surface area contributed by atoms with E-state index in [1.807, 2.05) is 30.3 Å². The zero-order chi connectivity index (χ0) is 11.4. The van der Waals surface area contributed by atoms with Crippen LogP contribution in [0, 0.1) is 3.70 Å². The lowest BCUT2D eigenvalue weighted by molar-refractivity contribution is 0.415. The van der Waals surface area contributed by atoms with Crippen LogP contribution in [0.15, 0.2) is 36.5 Å². The topological polar surface area (TPSA) is 47.0 Å². The number of halogens is 1. The fourth-order valence-corrected chi connectivity index (χ4v) is 1.66. The molecule has 2 aromatic rings. The van der Waals surface area contributed by atoms with Crippen molar-refractivity contribution in [2.75, 3.05) is 12.4 Å². The van der Waals surface area contributed by atoms with Crippen LogP contribution in [0.2, 0.25) is 0 Å². The van der Waals surface area contributed by atoms with E-state index in [4.69, 9.17) is 4.74 Å². The third-order valence-electron chi connectivity index (χ3n) is 1.96. The van der Waals surface area contributed by atoms with Gasteiger partial charge >= 0.3 is 0 Å².